The maximum absolute atomic E-state index is 13.6. The second-order valence-corrected chi connectivity index (χ2v) is 4.32. The van der Waals surface area contributed by atoms with Gasteiger partial charge >= 0.3 is 0 Å². The first-order chi connectivity index (χ1) is 7.68. The number of carbonyl (C=O) groups is 2. The van der Waals surface area contributed by atoms with Gasteiger partial charge in [-0.2, -0.15) is 0 Å². The third kappa shape index (κ3) is 1.26. The van der Waals surface area contributed by atoms with Crippen molar-refractivity contribution < 1.29 is 14.0 Å². The highest BCUT2D eigenvalue weighted by atomic mass is 19.1. The summed E-state index contributed by atoms with van der Waals surface area (Å²) in [4.78, 5) is 24.6. The van der Waals surface area contributed by atoms with Gasteiger partial charge in [-0.05, 0) is 30.9 Å². The fourth-order valence-corrected chi connectivity index (χ4v) is 2.05. The molecule has 4 heteroatoms. The Hall–Kier alpha value is -1.71. The van der Waals surface area contributed by atoms with Crippen LogP contribution in [0.5, 0.6) is 0 Å². The minimum Gasteiger partial charge on any atom is -0.302 e. The molecule has 0 N–H and O–H groups in total. The highest BCUT2D eigenvalue weighted by Crippen LogP contribution is 2.37. The number of carbonyl (C=O) groups excluding carboxylic acids is 2. The zero-order chi connectivity index (χ0) is 11.3. The Morgan fingerprint density at radius 3 is 2.75 bits per heavy atom. The molecule has 0 radical (unpaired) electrons. The van der Waals surface area contributed by atoms with Gasteiger partial charge in [0, 0.05) is 6.54 Å². The van der Waals surface area contributed by atoms with E-state index in [1.807, 2.05) is 0 Å². The largest absolute Gasteiger partial charge is 0.302 e. The number of nitrogens with zero attached hydrogens (tertiary/aromatic N) is 1. The first-order valence-corrected chi connectivity index (χ1v) is 5.33. The summed E-state index contributed by atoms with van der Waals surface area (Å²) in [5.74, 6) is -1.23. The molecule has 1 aliphatic carbocycles. The van der Waals surface area contributed by atoms with Crippen molar-refractivity contribution in [2.45, 2.75) is 12.8 Å². The van der Waals surface area contributed by atoms with Gasteiger partial charge in [0.15, 0.2) is 0 Å². The molecule has 1 aromatic carbocycles. The van der Waals surface area contributed by atoms with Crippen LogP contribution in [0.2, 0.25) is 0 Å². The van der Waals surface area contributed by atoms with E-state index in [4.69, 9.17) is 0 Å². The number of hydrogen-bond acceptors (Lipinski definition) is 2. The van der Waals surface area contributed by atoms with Crippen LogP contribution in [0.25, 0.3) is 0 Å². The first kappa shape index (κ1) is 9.51. The number of amides is 1. The number of anilines is 1. The molecular weight excluding hydrogens is 209 g/mol. The first-order valence-electron chi connectivity index (χ1n) is 5.33. The van der Waals surface area contributed by atoms with Crippen LogP contribution >= 0.6 is 0 Å². The molecule has 0 saturated heterocycles. The number of hydrogen-bond donors (Lipinski definition) is 0. The zero-order valence-electron chi connectivity index (χ0n) is 8.57. The fourth-order valence-electron chi connectivity index (χ4n) is 2.05. The Morgan fingerprint density at radius 2 is 2.06 bits per heavy atom. The average molecular weight is 219 g/mol. The molecule has 1 heterocycles. The predicted molar refractivity (Wildman–Crippen MR) is 55.8 cm³/mol. The molecule has 3 nitrogen and oxygen atoms in total. The average Bonchev–Trinajstić information content (AvgIpc) is 3.04. The van der Waals surface area contributed by atoms with Gasteiger partial charge in [-0.3, -0.25) is 9.59 Å². The van der Waals surface area contributed by atoms with Crippen LogP contribution in [0.3, 0.4) is 0 Å². The Bertz CT molecular complexity index is 494. The summed E-state index contributed by atoms with van der Waals surface area (Å²) in [5, 5.41) is 0. The molecule has 2 aliphatic rings. The normalized spacial score (nSPS) is 19.2. The second kappa shape index (κ2) is 3.14. The number of benzene rings is 1. The van der Waals surface area contributed by atoms with Crippen molar-refractivity contribution in [2.75, 3.05) is 11.4 Å². The van der Waals surface area contributed by atoms with E-state index in [0.29, 0.717) is 12.5 Å². The third-order valence-corrected chi connectivity index (χ3v) is 3.08. The van der Waals surface area contributed by atoms with Crippen molar-refractivity contribution in [1.82, 2.24) is 0 Å². The second-order valence-electron chi connectivity index (χ2n) is 4.32. The van der Waals surface area contributed by atoms with E-state index in [1.54, 1.807) is 0 Å². The molecule has 1 saturated carbocycles. The van der Waals surface area contributed by atoms with Crippen LogP contribution in [-0.4, -0.2) is 18.2 Å². The maximum Gasteiger partial charge on any atom is 0.299 e. The van der Waals surface area contributed by atoms with Gasteiger partial charge in [-0.15, -0.1) is 0 Å². The molecule has 1 amide bonds. The number of Topliss-reactive ketones (excluding diaryl/α,β-unsaturated/α-hetero) is 1. The topological polar surface area (TPSA) is 37.4 Å². The van der Waals surface area contributed by atoms with Crippen molar-refractivity contribution in [3.05, 3.63) is 29.6 Å². The van der Waals surface area contributed by atoms with Gasteiger partial charge in [0.05, 0.1) is 11.3 Å². The fraction of sp³-hybridized carbons (Fsp3) is 0.333. The lowest BCUT2D eigenvalue weighted by Crippen LogP contribution is -2.32. The van der Waals surface area contributed by atoms with Gasteiger partial charge in [-0.1, -0.05) is 6.07 Å². The minimum atomic E-state index is -0.591. The lowest BCUT2D eigenvalue weighted by Gasteiger charge is -2.16. The van der Waals surface area contributed by atoms with Gasteiger partial charge < -0.3 is 4.90 Å². The molecule has 3 rings (SSSR count). The molecule has 82 valence electrons. The number of ketones is 1. The molecule has 0 unspecified atom stereocenters. The summed E-state index contributed by atoms with van der Waals surface area (Å²) in [6.45, 7) is 0.471. The summed E-state index contributed by atoms with van der Waals surface area (Å²) in [5.41, 5.74) is 0.370. The van der Waals surface area contributed by atoms with Crippen LogP contribution in [0, 0.1) is 11.7 Å². The van der Waals surface area contributed by atoms with E-state index in [0.717, 1.165) is 12.8 Å². The molecular formula is C12H10FNO2. The highest BCUT2D eigenvalue weighted by Gasteiger charge is 2.40. The van der Waals surface area contributed by atoms with Gasteiger partial charge in [0.1, 0.15) is 5.82 Å². The summed E-state index contributed by atoms with van der Waals surface area (Å²) in [6, 6.07) is 4.25. The smallest absolute Gasteiger partial charge is 0.299 e. The van der Waals surface area contributed by atoms with Crippen molar-refractivity contribution >= 4 is 17.4 Å². The molecule has 1 fully saturated rings. The van der Waals surface area contributed by atoms with E-state index in [9.17, 15) is 14.0 Å². The van der Waals surface area contributed by atoms with Gasteiger partial charge in [-0.25, -0.2) is 4.39 Å². The Morgan fingerprint density at radius 1 is 1.31 bits per heavy atom. The molecule has 0 aromatic heterocycles. The van der Waals surface area contributed by atoms with E-state index in [1.165, 1.54) is 23.1 Å². The van der Waals surface area contributed by atoms with E-state index in [2.05, 4.69) is 0 Å². The van der Waals surface area contributed by atoms with E-state index < -0.39 is 17.5 Å². The molecule has 1 aliphatic heterocycles. The van der Waals surface area contributed by atoms with Crippen molar-refractivity contribution in [3.8, 4) is 0 Å². The molecule has 0 atom stereocenters. The van der Waals surface area contributed by atoms with E-state index in [-0.39, 0.29) is 11.3 Å². The minimum absolute atomic E-state index is 0.171. The van der Waals surface area contributed by atoms with Crippen molar-refractivity contribution in [1.29, 1.82) is 0 Å². The maximum atomic E-state index is 13.6. The van der Waals surface area contributed by atoms with E-state index >= 15 is 0 Å². The number of rotatable bonds is 2. The highest BCUT2D eigenvalue weighted by molar-refractivity contribution is 6.52. The number of fused-ring (bicyclic) bond motifs is 1. The predicted octanol–water partition coefficient (Wildman–Crippen LogP) is 1.76. The Kier molecular flexibility index (Phi) is 1.87. The van der Waals surface area contributed by atoms with Gasteiger partial charge in [0.25, 0.3) is 11.7 Å². The van der Waals surface area contributed by atoms with Crippen LogP contribution in [0.1, 0.15) is 23.2 Å². The Labute approximate surface area is 91.9 Å². The van der Waals surface area contributed by atoms with Crippen molar-refractivity contribution in [2.24, 2.45) is 5.92 Å². The van der Waals surface area contributed by atoms with Crippen LogP contribution in [0.4, 0.5) is 10.1 Å². The number of para-hydroxylation sites is 1. The third-order valence-electron chi connectivity index (χ3n) is 3.08. The standard InChI is InChI=1S/C12H10FNO2/c13-9-3-1-2-8-10(9)14(6-7-4-5-7)12(16)11(8)15/h1-3,7H,4-6H2. The molecule has 0 bridgehead atoms. The van der Waals surface area contributed by atoms with Crippen LogP contribution in [0.15, 0.2) is 18.2 Å². The number of halogens is 1. The van der Waals surface area contributed by atoms with Crippen LogP contribution < -0.4 is 4.90 Å². The summed E-state index contributed by atoms with van der Waals surface area (Å²) < 4.78 is 13.6. The summed E-state index contributed by atoms with van der Waals surface area (Å²) >= 11 is 0. The van der Waals surface area contributed by atoms with Crippen molar-refractivity contribution in [3.63, 3.8) is 0 Å². The quantitative estimate of drug-likeness (QED) is 0.711. The zero-order valence-corrected chi connectivity index (χ0v) is 8.57. The summed E-state index contributed by atoms with van der Waals surface area (Å²) in [6.07, 6.45) is 2.11. The molecule has 0 spiro atoms. The lowest BCUT2D eigenvalue weighted by atomic mass is 10.1. The molecule has 1 aromatic rings. The summed E-state index contributed by atoms with van der Waals surface area (Å²) in [7, 11) is 0. The van der Waals surface area contributed by atoms with Crippen LogP contribution in [-0.2, 0) is 4.79 Å². The molecule has 16 heavy (non-hydrogen) atoms. The SMILES string of the molecule is O=C1C(=O)N(CC2CC2)c2c(F)cccc21. The van der Waals surface area contributed by atoms with Gasteiger partial charge in [0.2, 0.25) is 0 Å². The monoisotopic (exact) mass is 219 g/mol. The lowest BCUT2D eigenvalue weighted by molar-refractivity contribution is -0.114. The Balaban J connectivity index is 2.07.